The van der Waals surface area contributed by atoms with Crippen LogP contribution in [0.1, 0.15) is 32.8 Å². The molecule has 1 aromatic heterocycles. The van der Waals surface area contributed by atoms with Crippen LogP contribution in [0.15, 0.2) is 42.5 Å². The number of likely N-dealkylation sites (N-methyl/N-ethyl adjacent to an activating group) is 1. The van der Waals surface area contributed by atoms with Crippen LogP contribution in [0.5, 0.6) is 0 Å². The maximum atomic E-state index is 6.64. The van der Waals surface area contributed by atoms with Crippen LogP contribution >= 0.6 is 35.4 Å². The lowest BCUT2D eigenvalue weighted by atomic mass is 9.87. The van der Waals surface area contributed by atoms with Gasteiger partial charge in [-0.2, -0.15) is 4.68 Å². The van der Waals surface area contributed by atoms with Crippen LogP contribution in [-0.4, -0.2) is 47.6 Å². The molecule has 2 heterocycles. The molecule has 1 fully saturated rings. The molecule has 2 unspecified atom stereocenters. The minimum absolute atomic E-state index is 0.0819. The third-order valence-corrected chi connectivity index (χ3v) is 7.64. The molecule has 33 heavy (non-hydrogen) atoms. The summed E-state index contributed by atoms with van der Waals surface area (Å²) in [6.07, 6.45) is 1.20. The third kappa shape index (κ3) is 5.36. The number of rotatable bonds is 4. The Morgan fingerprint density at radius 2 is 1.73 bits per heavy atom. The van der Waals surface area contributed by atoms with Gasteiger partial charge in [-0.1, -0.05) is 74.3 Å². The first-order valence-electron chi connectivity index (χ1n) is 11.5. The fraction of sp³-hybridized carbons (Fsp3) is 0.440. The van der Waals surface area contributed by atoms with Crippen LogP contribution in [0.2, 0.25) is 10.0 Å². The lowest BCUT2D eigenvalue weighted by Crippen LogP contribution is -3.16. The van der Waals surface area contributed by atoms with Gasteiger partial charge in [-0.3, -0.25) is 4.57 Å². The monoisotopic (exact) mass is 505 g/mol. The van der Waals surface area contributed by atoms with Gasteiger partial charge in [-0.05, 0) is 35.3 Å². The Bertz CT molecular complexity index is 1180. The molecule has 3 aromatic rings. The van der Waals surface area contributed by atoms with Gasteiger partial charge in [0.2, 0.25) is 4.77 Å². The summed E-state index contributed by atoms with van der Waals surface area (Å²) in [5, 5.41) is 5.99. The number of quaternary nitrogens is 2. The summed E-state index contributed by atoms with van der Waals surface area (Å²) in [4.78, 5) is 3.09. The van der Waals surface area contributed by atoms with Gasteiger partial charge < -0.3 is 9.80 Å². The number of aromatic nitrogens is 3. The average Bonchev–Trinajstić information content (AvgIpc) is 2.94. The fourth-order valence-corrected chi connectivity index (χ4v) is 5.02. The first kappa shape index (κ1) is 24.4. The van der Waals surface area contributed by atoms with Gasteiger partial charge in [0.1, 0.15) is 13.1 Å². The molecular weight excluding hydrogens is 473 g/mol. The molecule has 0 bridgehead atoms. The second-order valence-electron chi connectivity index (χ2n) is 10.1. The summed E-state index contributed by atoms with van der Waals surface area (Å²) in [6, 6.07) is 14.2. The van der Waals surface area contributed by atoms with Crippen molar-refractivity contribution in [1.29, 1.82) is 0 Å². The molecule has 5 nitrogen and oxygen atoms in total. The van der Waals surface area contributed by atoms with Crippen molar-refractivity contribution >= 4 is 35.4 Å². The zero-order chi connectivity index (χ0) is 23.8. The van der Waals surface area contributed by atoms with Crippen LogP contribution in [0.25, 0.3) is 17.1 Å². The van der Waals surface area contributed by atoms with Crippen molar-refractivity contribution in [2.24, 2.45) is 0 Å². The fourth-order valence-electron chi connectivity index (χ4n) is 4.35. The van der Waals surface area contributed by atoms with Crippen molar-refractivity contribution in [2.75, 3.05) is 33.2 Å². The number of nitrogens with zero attached hydrogens (tertiary/aromatic N) is 3. The minimum atomic E-state index is 0.0819. The van der Waals surface area contributed by atoms with E-state index in [4.69, 9.17) is 40.5 Å². The highest BCUT2D eigenvalue weighted by Crippen LogP contribution is 2.32. The Labute approximate surface area is 211 Å². The molecule has 1 aliphatic rings. The molecule has 0 amide bonds. The molecule has 0 spiro atoms. The van der Waals surface area contributed by atoms with Gasteiger partial charge in [0.05, 0.1) is 35.9 Å². The van der Waals surface area contributed by atoms with Crippen molar-refractivity contribution < 1.29 is 9.80 Å². The number of halogens is 2. The molecule has 2 N–H and O–H groups in total. The molecule has 8 heteroatoms. The van der Waals surface area contributed by atoms with E-state index in [9.17, 15) is 0 Å². The summed E-state index contributed by atoms with van der Waals surface area (Å²) in [5.74, 6) is 0.779. The van der Waals surface area contributed by atoms with Crippen molar-refractivity contribution in [3.8, 4) is 17.1 Å². The van der Waals surface area contributed by atoms with E-state index in [0.29, 0.717) is 14.8 Å². The molecule has 0 saturated carbocycles. The van der Waals surface area contributed by atoms with Gasteiger partial charge >= 0.3 is 0 Å². The normalized spacial score (nSPS) is 19.5. The predicted molar refractivity (Wildman–Crippen MR) is 138 cm³/mol. The average molecular weight is 507 g/mol. The molecule has 1 aliphatic heterocycles. The molecule has 0 aliphatic carbocycles. The van der Waals surface area contributed by atoms with Crippen molar-refractivity contribution in [2.45, 2.75) is 39.3 Å². The highest BCUT2D eigenvalue weighted by atomic mass is 35.5. The van der Waals surface area contributed by atoms with E-state index in [0.717, 1.165) is 43.4 Å². The van der Waals surface area contributed by atoms with E-state index >= 15 is 0 Å². The van der Waals surface area contributed by atoms with E-state index in [2.05, 4.69) is 52.1 Å². The summed E-state index contributed by atoms with van der Waals surface area (Å²) in [6.45, 7) is 12.0. The van der Waals surface area contributed by atoms with Gasteiger partial charge in [0.25, 0.3) is 0 Å². The van der Waals surface area contributed by atoms with Crippen LogP contribution in [-0.2, 0) is 12.1 Å². The highest BCUT2D eigenvalue weighted by Gasteiger charge is 2.23. The molecule has 4 rings (SSSR count). The van der Waals surface area contributed by atoms with Crippen molar-refractivity contribution in [3.05, 3.63) is 62.8 Å². The van der Waals surface area contributed by atoms with Crippen LogP contribution in [0.4, 0.5) is 0 Å². The van der Waals surface area contributed by atoms with Gasteiger partial charge in [0.15, 0.2) is 12.5 Å². The van der Waals surface area contributed by atoms with Crippen molar-refractivity contribution in [1.82, 2.24) is 14.3 Å². The number of nitrogens with one attached hydrogen (secondary N) is 2. The largest absolute Gasteiger partial charge is 0.333 e. The topological polar surface area (TPSA) is 31.6 Å². The number of hydrogen-bond acceptors (Lipinski definition) is 2. The van der Waals surface area contributed by atoms with E-state index in [1.165, 1.54) is 23.4 Å². The Morgan fingerprint density at radius 1 is 1.00 bits per heavy atom. The number of hydrogen-bond donors (Lipinski definition) is 2. The molecule has 2 aromatic carbocycles. The smallest absolute Gasteiger partial charge is 0.207 e. The Balaban J connectivity index is 1.80. The number of benzene rings is 2. The van der Waals surface area contributed by atoms with Gasteiger partial charge in [-0.25, -0.2) is 0 Å². The Kier molecular flexibility index (Phi) is 7.32. The maximum Gasteiger partial charge on any atom is 0.207 e. The third-order valence-electron chi connectivity index (χ3n) is 6.43. The summed E-state index contributed by atoms with van der Waals surface area (Å²) in [7, 11) is 2.27. The second kappa shape index (κ2) is 9.88. The lowest BCUT2D eigenvalue weighted by Gasteiger charge is -2.19. The van der Waals surface area contributed by atoms with E-state index in [-0.39, 0.29) is 5.41 Å². The summed E-state index contributed by atoms with van der Waals surface area (Å²) in [5.41, 5.74) is 3.11. The van der Waals surface area contributed by atoms with Crippen LogP contribution in [0.3, 0.4) is 0 Å². The van der Waals surface area contributed by atoms with E-state index in [1.54, 1.807) is 11.0 Å². The highest BCUT2D eigenvalue weighted by molar-refractivity contribution is 7.71. The zero-order valence-corrected chi connectivity index (χ0v) is 22.1. The van der Waals surface area contributed by atoms with Crippen molar-refractivity contribution in [3.63, 3.8) is 0 Å². The lowest BCUT2D eigenvalue weighted by molar-refractivity contribution is -0.945. The van der Waals surface area contributed by atoms with Gasteiger partial charge in [0, 0.05) is 12.0 Å². The van der Waals surface area contributed by atoms with E-state index in [1.807, 2.05) is 21.4 Å². The van der Waals surface area contributed by atoms with Crippen LogP contribution < -0.4 is 9.80 Å². The van der Waals surface area contributed by atoms with Crippen LogP contribution in [0, 0.1) is 4.77 Å². The standard InChI is InChI=1S/C25H31Cl2N5S/c1-25(2,3)19-11-9-18(10-12-19)23-28-31(17-30-14-6-13-29(4)15-16-30)24(33)32(23)21-8-5-7-20(26)22(21)27/h5,7-12H,6,13-17H2,1-4H3/p+2. The maximum absolute atomic E-state index is 6.64. The first-order valence-corrected chi connectivity index (χ1v) is 12.7. The SMILES string of the molecule is C[NH+]1CCC[NH+](Cn2nc(-c3ccc(C(C)(C)C)cc3)n(-c3cccc(Cl)c3Cl)c2=S)CC1. The van der Waals surface area contributed by atoms with E-state index < -0.39 is 0 Å². The molecular formula is C25H33Cl2N5S+2. The zero-order valence-electron chi connectivity index (χ0n) is 19.8. The predicted octanol–water partition coefficient (Wildman–Crippen LogP) is 3.44. The molecule has 0 radical (unpaired) electrons. The molecule has 2 atom stereocenters. The second-order valence-corrected chi connectivity index (χ2v) is 11.2. The summed E-state index contributed by atoms with van der Waals surface area (Å²) < 4.78 is 4.55. The first-order chi connectivity index (χ1) is 15.6. The molecule has 176 valence electrons. The Morgan fingerprint density at radius 3 is 2.42 bits per heavy atom. The van der Waals surface area contributed by atoms with Gasteiger partial charge in [-0.15, -0.1) is 5.10 Å². The Hall–Kier alpha value is -1.70. The summed E-state index contributed by atoms with van der Waals surface area (Å²) >= 11 is 19.0. The minimum Gasteiger partial charge on any atom is -0.333 e. The molecule has 1 saturated heterocycles. The quantitative estimate of drug-likeness (QED) is 0.532.